The van der Waals surface area contributed by atoms with Gasteiger partial charge in [0.05, 0.1) is 0 Å². The summed E-state index contributed by atoms with van der Waals surface area (Å²) in [5.74, 6) is -0.0140. The van der Waals surface area contributed by atoms with Crippen LogP contribution in [0.1, 0.15) is 49.8 Å². The number of aryl methyl sites for hydroxylation is 2. The molecule has 0 aromatic heterocycles. The summed E-state index contributed by atoms with van der Waals surface area (Å²) < 4.78 is 2.90. The van der Waals surface area contributed by atoms with Crippen molar-refractivity contribution in [3.63, 3.8) is 0 Å². The number of nitrogens with one attached hydrogen (secondary N) is 1. The molecule has 3 heteroatoms. The maximum atomic E-state index is 11.4. The van der Waals surface area contributed by atoms with E-state index in [0.717, 1.165) is 6.42 Å². The highest BCUT2D eigenvalue weighted by Gasteiger charge is 2.13. The Morgan fingerprint density at radius 2 is 1.92 bits per heavy atom. The molecule has 2 aromatic rings. The fraction of sp³-hybridized carbons (Fsp3) is 0.381. The van der Waals surface area contributed by atoms with E-state index in [1.807, 2.05) is 0 Å². The Hall–Kier alpha value is -1.74. The number of unbranched alkanes of at least 4 members (excludes halogenated alkanes) is 2. The summed E-state index contributed by atoms with van der Waals surface area (Å²) in [5, 5.41) is 0. The Morgan fingerprint density at radius 3 is 2.58 bits per heavy atom. The molecule has 0 heterocycles. The minimum absolute atomic E-state index is 0.0140. The summed E-state index contributed by atoms with van der Waals surface area (Å²) in [6.45, 7) is 8.05. The van der Waals surface area contributed by atoms with Gasteiger partial charge in [0.15, 0.2) is 0 Å². The van der Waals surface area contributed by atoms with E-state index in [0.29, 0.717) is 0 Å². The average molecular weight is 342 g/mol. The van der Waals surface area contributed by atoms with Gasteiger partial charge in [0.2, 0.25) is 5.91 Å². The summed E-state index contributed by atoms with van der Waals surface area (Å²) in [5.41, 5.74) is 6.31. The lowest BCUT2D eigenvalue weighted by molar-refractivity contribution is -0.117. The first-order valence-electron chi connectivity index (χ1n) is 8.66. The van der Waals surface area contributed by atoms with Crippen LogP contribution in [0.3, 0.4) is 0 Å². The van der Waals surface area contributed by atoms with Crippen molar-refractivity contribution < 1.29 is 4.79 Å². The molecule has 0 saturated carbocycles. The van der Waals surface area contributed by atoms with Gasteiger partial charge in [-0.25, -0.2) is 0 Å². The zero-order chi connectivity index (χ0) is 17.5. The van der Waals surface area contributed by atoms with Crippen LogP contribution in [0.5, 0.6) is 0 Å². The molecule has 2 nitrogen and oxygen atoms in total. The van der Waals surface area contributed by atoms with Crippen LogP contribution in [-0.4, -0.2) is 5.91 Å². The van der Waals surface area contributed by atoms with Crippen LogP contribution in [0.25, 0.3) is 11.1 Å². The molecule has 0 atom stereocenters. The van der Waals surface area contributed by atoms with Gasteiger partial charge in [-0.3, -0.25) is 9.52 Å². The first-order valence-corrected chi connectivity index (χ1v) is 9.47. The van der Waals surface area contributed by atoms with Gasteiger partial charge >= 0.3 is 0 Å². The Labute approximate surface area is 150 Å². The van der Waals surface area contributed by atoms with Crippen molar-refractivity contribution in [2.75, 3.05) is 0 Å². The van der Waals surface area contributed by atoms with E-state index in [9.17, 15) is 4.79 Å². The minimum Gasteiger partial charge on any atom is -0.296 e. The van der Waals surface area contributed by atoms with Crippen molar-refractivity contribution in [3.05, 3.63) is 53.1 Å². The molecule has 0 radical (unpaired) electrons. The molecule has 0 unspecified atom stereocenters. The molecule has 0 spiro atoms. The van der Waals surface area contributed by atoms with E-state index in [2.05, 4.69) is 61.9 Å². The third kappa shape index (κ3) is 4.88. The number of benzene rings is 2. The molecule has 0 saturated heterocycles. The van der Waals surface area contributed by atoms with E-state index in [4.69, 9.17) is 0 Å². The van der Waals surface area contributed by atoms with Crippen molar-refractivity contribution in [1.29, 1.82) is 0 Å². The summed E-state index contributed by atoms with van der Waals surface area (Å²) in [7, 11) is 0. The Kier molecular flexibility index (Phi) is 6.92. The lowest BCUT2D eigenvalue weighted by atomic mass is 9.95. The lowest BCUT2D eigenvalue weighted by Crippen LogP contribution is -2.11. The van der Waals surface area contributed by atoms with Crippen LogP contribution in [0.15, 0.2) is 41.3 Å². The van der Waals surface area contributed by atoms with Crippen molar-refractivity contribution in [2.45, 2.75) is 58.3 Å². The number of carbonyl (C=O) groups excluding carboxylic acids is 1. The summed E-state index contributed by atoms with van der Waals surface area (Å²) in [6, 6.07) is 13.0. The van der Waals surface area contributed by atoms with E-state index >= 15 is 0 Å². The summed E-state index contributed by atoms with van der Waals surface area (Å²) in [4.78, 5) is 12.6. The topological polar surface area (TPSA) is 29.1 Å². The zero-order valence-corrected chi connectivity index (χ0v) is 15.9. The predicted octanol–water partition coefficient (Wildman–Crippen LogP) is 5.85. The molecule has 1 amide bonds. The van der Waals surface area contributed by atoms with Crippen LogP contribution >= 0.6 is 11.9 Å². The van der Waals surface area contributed by atoms with E-state index in [1.165, 1.54) is 63.9 Å². The second-order valence-electron chi connectivity index (χ2n) is 6.31. The van der Waals surface area contributed by atoms with Crippen molar-refractivity contribution in [1.82, 2.24) is 4.72 Å². The standard InChI is InChI=1S/C21H27NOS/c1-5-6-7-10-18-12-13-20(19-11-8-9-15(2)14-19)16(3)21(18)24-22-17(4)23/h8-9,11-14H,5-7,10H2,1-4H3,(H,22,23). The fourth-order valence-electron chi connectivity index (χ4n) is 2.90. The highest BCUT2D eigenvalue weighted by atomic mass is 32.2. The minimum atomic E-state index is -0.0140. The van der Waals surface area contributed by atoms with Crippen LogP contribution < -0.4 is 4.72 Å². The Morgan fingerprint density at radius 1 is 1.12 bits per heavy atom. The number of carbonyl (C=O) groups is 1. The number of rotatable bonds is 7. The monoisotopic (exact) mass is 341 g/mol. The normalized spacial score (nSPS) is 10.7. The number of amides is 1. The molecule has 24 heavy (non-hydrogen) atoms. The summed E-state index contributed by atoms with van der Waals surface area (Å²) in [6.07, 6.45) is 4.70. The highest BCUT2D eigenvalue weighted by Crippen LogP contribution is 2.34. The Bertz CT molecular complexity index is 709. The van der Waals surface area contributed by atoms with E-state index < -0.39 is 0 Å². The molecule has 128 valence electrons. The van der Waals surface area contributed by atoms with E-state index in [-0.39, 0.29) is 5.91 Å². The molecule has 2 rings (SSSR count). The van der Waals surface area contributed by atoms with E-state index in [1.54, 1.807) is 6.92 Å². The molecular weight excluding hydrogens is 314 g/mol. The molecule has 0 aliphatic carbocycles. The Balaban J connectivity index is 2.40. The molecule has 2 aromatic carbocycles. The molecular formula is C21H27NOS. The van der Waals surface area contributed by atoms with Gasteiger partial charge in [-0.2, -0.15) is 0 Å². The van der Waals surface area contributed by atoms with Gasteiger partial charge in [-0.15, -0.1) is 0 Å². The lowest BCUT2D eigenvalue weighted by Gasteiger charge is -2.16. The number of hydrogen-bond donors (Lipinski definition) is 1. The second kappa shape index (κ2) is 8.93. The highest BCUT2D eigenvalue weighted by molar-refractivity contribution is 7.98. The quantitative estimate of drug-likeness (QED) is 0.506. The first-order chi connectivity index (χ1) is 11.5. The van der Waals surface area contributed by atoms with Gasteiger partial charge in [0.1, 0.15) is 0 Å². The zero-order valence-electron chi connectivity index (χ0n) is 15.1. The molecule has 0 bridgehead atoms. The maximum absolute atomic E-state index is 11.4. The van der Waals surface area contributed by atoms with Gasteiger partial charge in [-0.1, -0.05) is 61.7 Å². The molecule has 1 N–H and O–H groups in total. The van der Waals surface area contributed by atoms with Gasteiger partial charge in [0.25, 0.3) is 0 Å². The third-order valence-corrected chi connectivity index (χ3v) is 5.33. The van der Waals surface area contributed by atoms with Crippen molar-refractivity contribution in [2.24, 2.45) is 0 Å². The smallest absolute Gasteiger partial charge is 0.226 e. The fourth-order valence-corrected chi connectivity index (χ4v) is 3.71. The van der Waals surface area contributed by atoms with Crippen molar-refractivity contribution in [3.8, 4) is 11.1 Å². The second-order valence-corrected chi connectivity index (χ2v) is 7.13. The molecule has 0 fully saturated rings. The predicted molar refractivity (Wildman–Crippen MR) is 104 cm³/mol. The van der Waals surface area contributed by atoms with Crippen LogP contribution in [-0.2, 0) is 11.2 Å². The van der Waals surface area contributed by atoms with Crippen LogP contribution in [0.2, 0.25) is 0 Å². The number of hydrogen-bond acceptors (Lipinski definition) is 2. The van der Waals surface area contributed by atoms with Gasteiger partial charge in [0, 0.05) is 11.8 Å². The molecule has 0 aliphatic rings. The molecule has 0 aliphatic heterocycles. The average Bonchev–Trinajstić information content (AvgIpc) is 2.54. The summed E-state index contributed by atoms with van der Waals surface area (Å²) >= 11 is 1.45. The third-order valence-electron chi connectivity index (χ3n) is 4.16. The van der Waals surface area contributed by atoms with Crippen LogP contribution in [0.4, 0.5) is 0 Å². The largest absolute Gasteiger partial charge is 0.296 e. The van der Waals surface area contributed by atoms with Crippen molar-refractivity contribution >= 4 is 17.9 Å². The first kappa shape index (κ1) is 18.6. The maximum Gasteiger partial charge on any atom is 0.226 e. The SMILES string of the molecule is CCCCCc1ccc(-c2cccc(C)c2)c(C)c1SNC(C)=O. The van der Waals surface area contributed by atoms with Gasteiger partial charge < -0.3 is 0 Å². The van der Waals surface area contributed by atoms with Gasteiger partial charge in [-0.05, 0) is 60.9 Å². The van der Waals surface area contributed by atoms with Crippen LogP contribution in [0, 0.1) is 13.8 Å².